The Morgan fingerprint density at radius 2 is 1.50 bits per heavy atom. The highest BCUT2D eigenvalue weighted by Crippen LogP contribution is 2.19. The number of hydrogen-bond acceptors (Lipinski definition) is 5. The highest BCUT2D eigenvalue weighted by molar-refractivity contribution is 5.92. The molecule has 1 heterocycles. The topological polar surface area (TPSA) is 84.7 Å². The van der Waals surface area contributed by atoms with E-state index in [9.17, 15) is 4.79 Å². The maximum absolute atomic E-state index is 12.3. The van der Waals surface area contributed by atoms with E-state index in [1.165, 1.54) is 6.33 Å². The van der Waals surface area contributed by atoms with Crippen molar-refractivity contribution >= 4 is 23.0 Å². The number of tetrazole rings is 1. The van der Waals surface area contributed by atoms with Crippen LogP contribution < -0.4 is 10.6 Å². The van der Waals surface area contributed by atoms with Gasteiger partial charge < -0.3 is 10.6 Å². The summed E-state index contributed by atoms with van der Waals surface area (Å²) >= 11 is 0. The van der Waals surface area contributed by atoms with Gasteiger partial charge in [0.2, 0.25) is 5.91 Å². The highest BCUT2D eigenvalue weighted by atomic mass is 16.1. The Labute approximate surface area is 162 Å². The van der Waals surface area contributed by atoms with Crippen LogP contribution in [0.5, 0.6) is 0 Å². The van der Waals surface area contributed by atoms with Gasteiger partial charge in [-0.25, -0.2) is 4.68 Å². The number of carbonyl (C=O) groups excluding carboxylic acids is 1. The first-order valence-corrected chi connectivity index (χ1v) is 8.80. The van der Waals surface area contributed by atoms with Crippen molar-refractivity contribution in [1.82, 2.24) is 20.2 Å². The lowest BCUT2D eigenvalue weighted by Gasteiger charge is -2.09. The predicted octanol–water partition coefficient (Wildman–Crippen LogP) is 3.59. The molecule has 0 bridgehead atoms. The number of nitrogens with zero attached hydrogens (tertiary/aromatic N) is 4. The molecular formula is C21H18N6O. The number of hydrogen-bond donors (Lipinski definition) is 2. The molecule has 0 saturated carbocycles. The Kier molecular flexibility index (Phi) is 5.06. The minimum atomic E-state index is -0.0704. The zero-order valence-electron chi connectivity index (χ0n) is 15.0. The number of nitrogens with one attached hydrogen (secondary N) is 2. The van der Waals surface area contributed by atoms with Crippen LogP contribution in [0, 0.1) is 0 Å². The summed E-state index contributed by atoms with van der Waals surface area (Å²) in [5.41, 5.74) is 4.49. The molecule has 138 valence electrons. The molecule has 0 aliphatic rings. The van der Waals surface area contributed by atoms with Crippen molar-refractivity contribution < 1.29 is 4.79 Å². The number of rotatable bonds is 6. The largest absolute Gasteiger partial charge is 0.356 e. The summed E-state index contributed by atoms with van der Waals surface area (Å²) in [6.07, 6.45) is 1.82. The zero-order chi connectivity index (χ0) is 19.2. The standard InChI is InChI=1S/C21H18N6O/c28-21(14-16-6-12-20(13-7-16)27-15-22-25-26-27)24-19-10-8-18(9-11-19)23-17-4-2-1-3-5-17/h1-13,15,23H,14H2,(H,24,28). The third-order valence-electron chi connectivity index (χ3n) is 4.15. The molecule has 3 aromatic carbocycles. The summed E-state index contributed by atoms with van der Waals surface area (Å²) in [4.78, 5) is 12.3. The average Bonchev–Trinajstić information content (AvgIpc) is 3.26. The van der Waals surface area contributed by atoms with Gasteiger partial charge in [-0.05, 0) is 64.5 Å². The van der Waals surface area contributed by atoms with Crippen LogP contribution >= 0.6 is 0 Å². The summed E-state index contributed by atoms with van der Waals surface area (Å²) < 4.78 is 1.56. The number of para-hydroxylation sites is 1. The van der Waals surface area contributed by atoms with Gasteiger partial charge in [0.1, 0.15) is 6.33 Å². The van der Waals surface area contributed by atoms with Gasteiger partial charge in [0, 0.05) is 17.1 Å². The number of anilines is 3. The fourth-order valence-corrected chi connectivity index (χ4v) is 2.76. The van der Waals surface area contributed by atoms with Crippen molar-refractivity contribution in [3.05, 3.63) is 90.8 Å². The second-order valence-electron chi connectivity index (χ2n) is 6.21. The van der Waals surface area contributed by atoms with Crippen molar-refractivity contribution in [2.75, 3.05) is 10.6 Å². The fourth-order valence-electron chi connectivity index (χ4n) is 2.76. The minimum absolute atomic E-state index is 0.0704. The lowest BCUT2D eigenvalue weighted by Crippen LogP contribution is -2.14. The summed E-state index contributed by atoms with van der Waals surface area (Å²) in [6.45, 7) is 0. The van der Waals surface area contributed by atoms with E-state index in [1.54, 1.807) is 4.68 Å². The molecule has 0 aliphatic heterocycles. The maximum atomic E-state index is 12.3. The monoisotopic (exact) mass is 370 g/mol. The van der Waals surface area contributed by atoms with Crippen molar-refractivity contribution in [3.63, 3.8) is 0 Å². The molecule has 0 spiro atoms. The molecule has 4 rings (SSSR count). The van der Waals surface area contributed by atoms with Crippen molar-refractivity contribution in [2.24, 2.45) is 0 Å². The summed E-state index contributed by atoms with van der Waals surface area (Å²) in [5.74, 6) is -0.0704. The Bertz CT molecular complexity index is 1030. The van der Waals surface area contributed by atoms with Crippen molar-refractivity contribution in [2.45, 2.75) is 6.42 Å². The van der Waals surface area contributed by atoms with Crippen LogP contribution in [0.2, 0.25) is 0 Å². The first-order valence-electron chi connectivity index (χ1n) is 8.80. The van der Waals surface area contributed by atoms with Gasteiger partial charge in [-0.15, -0.1) is 5.10 Å². The van der Waals surface area contributed by atoms with Crippen LogP contribution in [-0.2, 0) is 11.2 Å². The Morgan fingerprint density at radius 1 is 0.821 bits per heavy atom. The van der Waals surface area contributed by atoms with Gasteiger partial charge >= 0.3 is 0 Å². The SMILES string of the molecule is O=C(Cc1ccc(-n2cnnn2)cc1)Nc1ccc(Nc2ccccc2)cc1. The molecule has 0 aliphatic carbocycles. The van der Waals surface area contributed by atoms with Crippen molar-refractivity contribution in [3.8, 4) is 5.69 Å². The highest BCUT2D eigenvalue weighted by Gasteiger charge is 2.06. The van der Waals surface area contributed by atoms with E-state index in [0.717, 1.165) is 28.3 Å². The molecule has 1 aromatic heterocycles. The molecular weight excluding hydrogens is 352 g/mol. The zero-order valence-corrected chi connectivity index (χ0v) is 15.0. The van der Waals surface area contributed by atoms with Crippen LogP contribution in [0.25, 0.3) is 5.69 Å². The Hall–Kier alpha value is -4.00. The quantitative estimate of drug-likeness (QED) is 0.542. The first kappa shape index (κ1) is 17.4. The normalized spacial score (nSPS) is 10.4. The van der Waals surface area contributed by atoms with E-state index in [4.69, 9.17) is 0 Å². The van der Waals surface area contributed by atoms with Gasteiger partial charge in [0.15, 0.2) is 0 Å². The molecule has 0 fully saturated rings. The molecule has 7 nitrogen and oxygen atoms in total. The lowest BCUT2D eigenvalue weighted by atomic mass is 10.1. The van der Waals surface area contributed by atoms with E-state index < -0.39 is 0 Å². The molecule has 7 heteroatoms. The molecule has 4 aromatic rings. The fraction of sp³-hybridized carbons (Fsp3) is 0.0476. The number of carbonyl (C=O) groups is 1. The van der Waals surface area contributed by atoms with Crippen LogP contribution in [0.3, 0.4) is 0 Å². The molecule has 28 heavy (non-hydrogen) atoms. The number of benzene rings is 3. The van der Waals surface area contributed by atoms with E-state index >= 15 is 0 Å². The Balaban J connectivity index is 1.33. The van der Waals surface area contributed by atoms with Crippen LogP contribution in [0.1, 0.15) is 5.56 Å². The second kappa shape index (κ2) is 8.13. The first-order chi connectivity index (χ1) is 13.8. The smallest absolute Gasteiger partial charge is 0.228 e. The third-order valence-corrected chi connectivity index (χ3v) is 4.15. The molecule has 2 N–H and O–H groups in total. The molecule has 1 amide bonds. The van der Waals surface area contributed by atoms with Gasteiger partial charge in [0.25, 0.3) is 0 Å². The number of amides is 1. The van der Waals surface area contributed by atoms with Gasteiger partial charge in [-0.3, -0.25) is 4.79 Å². The van der Waals surface area contributed by atoms with E-state index in [1.807, 2.05) is 78.9 Å². The minimum Gasteiger partial charge on any atom is -0.356 e. The van der Waals surface area contributed by atoms with Gasteiger partial charge in [0.05, 0.1) is 12.1 Å². The summed E-state index contributed by atoms with van der Waals surface area (Å²) in [7, 11) is 0. The Morgan fingerprint density at radius 3 is 2.18 bits per heavy atom. The van der Waals surface area contributed by atoms with Crippen LogP contribution in [0.15, 0.2) is 85.2 Å². The third kappa shape index (κ3) is 4.39. The van der Waals surface area contributed by atoms with Crippen LogP contribution in [-0.4, -0.2) is 26.1 Å². The number of aromatic nitrogens is 4. The second-order valence-corrected chi connectivity index (χ2v) is 6.21. The summed E-state index contributed by atoms with van der Waals surface area (Å²) in [5, 5.41) is 17.3. The molecule has 0 unspecified atom stereocenters. The van der Waals surface area contributed by atoms with Gasteiger partial charge in [-0.1, -0.05) is 30.3 Å². The van der Waals surface area contributed by atoms with Crippen molar-refractivity contribution in [1.29, 1.82) is 0 Å². The molecule has 0 radical (unpaired) electrons. The average molecular weight is 370 g/mol. The molecule has 0 saturated heterocycles. The van der Waals surface area contributed by atoms with Crippen LogP contribution in [0.4, 0.5) is 17.1 Å². The van der Waals surface area contributed by atoms with E-state index in [0.29, 0.717) is 6.42 Å². The van der Waals surface area contributed by atoms with E-state index in [-0.39, 0.29) is 5.91 Å². The van der Waals surface area contributed by atoms with E-state index in [2.05, 4.69) is 26.2 Å². The van der Waals surface area contributed by atoms with Gasteiger partial charge in [-0.2, -0.15) is 0 Å². The summed E-state index contributed by atoms with van der Waals surface area (Å²) in [6, 6.07) is 25.1. The lowest BCUT2D eigenvalue weighted by molar-refractivity contribution is -0.115. The molecule has 0 atom stereocenters. The maximum Gasteiger partial charge on any atom is 0.228 e. The predicted molar refractivity (Wildman–Crippen MR) is 108 cm³/mol.